The van der Waals surface area contributed by atoms with E-state index in [9.17, 15) is 18.0 Å². The maximum Gasteiger partial charge on any atom is 0.168 e. The predicted octanol–water partition coefficient (Wildman–Crippen LogP) is 5.97. The standard InChI is InChI=1S/C22H25F3O2/c1-4-6-7-8-15-9-10-16(22(25)21(15)24)13-18(26)17-11-12-19(27-5-2)20(23)14(17)3/h9-12H,4-8,13H2,1-3H3. The molecule has 146 valence electrons. The van der Waals surface area contributed by atoms with E-state index >= 15 is 0 Å². The molecule has 0 spiro atoms. The number of benzene rings is 2. The van der Waals surface area contributed by atoms with Gasteiger partial charge >= 0.3 is 0 Å². The van der Waals surface area contributed by atoms with E-state index in [1.54, 1.807) is 6.92 Å². The van der Waals surface area contributed by atoms with Crippen LogP contribution >= 0.6 is 0 Å². The Morgan fingerprint density at radius 1 is 0.926 bits per heavy atom. The Bertz CT molecular complexity index is 816. The van der Waals surface area contributed by atoms with Crippen LogP contribution in [-0.2, 0) is 12.8 Å². The molecule has 0 aliphatic carbocycles. The Morgan fingerprint density at radius 2 is 1.59 bits per heavy atom. The van der Waals surface area contributed by atoms with E-state index in [-0.39, 0.29) is 28.9 Å². The van der Waals surface area contributed by atoms with Gasteiger partial charge in [-0.25, -0.2) is 13.2 Å². The first kappa shape index (κ1) is 21.0. The largest absolute Gasteiger partial charge is 0.491 e. The number of aryl methyl sites for hydroxylation is 1. The maximum atomic E-state index is 14.4. The van der Waals surface area contributed by atoms with Gasteiger partial charge in [0.15, 0.2) is 29.0 Å². The van der Waals surface area contributed by atoms with Crippen molar-refractivity contribution in [1.29, 1.82) is 0 Å². The molecule has 0 bridgehead atoms. The highest BCUT2D eigenvalue weighted by Crippen LogP contribution is 2.25. The quantitative estimate of drug-likeness (QED) is 0.397. The summed E-state index contributed by atoms with van der Waals surface area (Å²) in [6.07, 6.45) is 2.87. The smallest absolute Gasteiger partial charge is 0.168 e. The lowest BCUT2D eigenvalue weighted by Gasteiger charge is -2.12. The van der Waals surface area contributed by atoms with Crippen LogP contribution in [0.1, 0.15) is 60.2 Å². The van der Waals surface area contributed by atoms with Crippen molar-refractivity contribution in [3.63, 3.8) is 0 Å². The third kappa shape index (κ3) is 4.90. The molecule has 0 unspecified atom stereocenters. The summed E-state index contributed by atoms with van der Waals surface area (Å²) in [7, 11) is 0. The van der Waals surface area contributed by atoms with E-state index < -0.39 is 23.2 Å². The van der Waals surface area contributed by atoms with Gasteiger partial charge < -0.3 is 4.74 Å². The van der Waals surface area contributed by atoms with Gasteiger partial charge in [0.05, 0.1) is 6.61 Å². The van der Waals surface area contributed by atoms with Crippen molar-refractivity contribution in [2.75, 3.05) is 6.61 Å². The fraction of sp³-hybridized carbons (Fsp3) is 0.409. The van der Waals surface area contributed by atoms with Gasteiger partial charge in [-0.1, -0.05) is 31.9 Å². The number of hydrogen-bond donors (Lipinski definition) is 0. The Morgan fingerprint density at radius 3 is 2.26 bits per heavy atom. The average molecular weight is 378 g/mol. The number of Topliss-reactive ketones (excluding diaryl/α,β-unsaturated/α-hetero) is 1. The first-order chi connectivity index (χ1) is 12.9. The summed E-state index contributed by atoms with van der Waals surface area (Å²) >= 11 is 0. The van der Waals surface area contributed by atoms with E-state index in [4.69, 9.17) is 4.74 Å². The van der Waals surface area contributed by atoms with Gasteiger partial charge in [0.1, 0.15) is 0 Å². The van der Waals surface area contributed by atoms with Crippen molar-refractivity contribution < 1.29 is 22.7 Å². The third-order valence-corrected chi connectivity index (χ3v) is 4.59. The van der Waals surface area contributed by atoms with Gasteiger partial charge in [0, 0.05) is 12.0 Å². The van der Waals surface area contributed by atoms with Crippen LogP contribution in [0.3, 0.4) is 0 Å². The lowest BCUT2D eigenvalue weighted by molar-refractivity contribution is 0.0990. The second-order valence-electron chi connectivity index (χ2n) is 6.55. The summed E-state index contributed by atoms with van der Waals surface area (Å²) in [5, 5.41) is 0. The minimum atomic E-state index is -0.999. The minimum Gasteiger partial charge on any atom is -0.491 e. The Hall–Kier alpha value is -2.30. The molecule has 0 atom stereocenters. The molecule has 2 aromatic rings. The summed E-state index contributed by atoms with van der Waals surface area (Å²) in [6.45, 7) is 5.55. The van der Waals surface area contributed by atoms with Gasteiger partial charge in [-0.2, -0.15) is 0 Å². The Labute approximate surface area is 158 Å². The molecule has 0 aromatic heterocycles. The number of hydrogen-bond acceptors (Lipinski definition) is 2. The van der Waals surface area contributed by atoms with E-state index in [0.717, 1.165) is 19.3 Å². The van der Waals surface area contributed by atoms with Crippen LogP contribution < -0.4 is 4.74 Å². The van der Waals surface area contributed by atoms with Crippen LogP contribution in [0.25, 0.3) is 0 Å². The lowest BCUT2D eigenvalue weighted by atomic mass is 9.96. The van der Waals surface area contributed by atoms with E-state index in [1.807, 2.05) is 6.92 Å². The monoisotopic (exact) mass is 378 g/mol. The molecule has 0 aliphatic heterocycles. The van der Waals surface area contributed by atoms with Gasteiger partial charge in [0.25, 0.3) is 0 Å². The van der Waals surface area contributed by atoms with Gasteiger partial charge in [-0.15, -0.1) is 0 Å². The van der Waals surface area contributed by atoms with Crippen molar-refractivity contribution in [2.24, 2.45) is 0 Å². The first-order valence-electron chi connectivity index (χ1n) is 9.31. The Balaban J connectivity index is 2.21. The second-order valence-corrected chi connectivity index (χ2v) is 6.55. The zero-order valence-electron chi connectivity index (χ0n) is 16.0. The van der Waals surface area contributed by atoms with Crippen molar-refractivity contribution in [3.8, 4) is 5.75 Å². The molecule has 0 saturated heterocycles. The minimum absolute atomic E-state index is 0.0227. The summed E-state index contributed by atoms with van der Waals surface area (Å²) in [5.41, 5.74) is 0.580. The molecular weight excluding hydrogens is 353 g/mol. The highest BCUT2D eigenvalue weighted by molar-refractivity contribution is 5.99. The highest BCUT2D eigenvalue weighted by Gasteiger charge is 2.20. The van der Waals surface area contributed by atoms with Crippen LogP contribution in [0, 0.1) is 24.4 Å². The van der Waals surface area contributed by atoms with Crippen molar-refractivity contribution in [2.45, 2.75) is 52.9 Å². The molecule has 0 saturated carbocycles. The summed E-state index contributed by atoms with van der Waals surface area (Å²) < 4.78 is 48.1. The Kier molecular flexibility index (Phi) is 7.45. The number of rotatable bonds is 9. The summed E-state index contributed by atoms with van der Waals surface area (Å²) in [6, 6.07) is 5.81. The normalized spacial score (nSPS) is 10.9. The number of halogens is 3. The van der Waals surface area contributed by atoms with E-state index in [0.29, 0.717) is 18.6 Å². The number of carbonyl (C=O) groups is 1. The average Bonchev–Trinajstić information content (AvgIpc) is 2.65. The molecule has 0 fully saturated rings. The zero-order valence-corrected chi connectivity index (χ0v) is 16.0. The highest BCUT2D eigenvalue weighted by atomic mass is 19.2. The number of ketones is 1. The van der Waals surface area contributed by atoms with Gasteiger partial charge in [-0.05, 0) is 55.5 Å². The van der Waals surface area contributed by atoms with E-state index in [2.05, 4.69) is 0 Å². The van der Waals surface area contributed by atoms with Crippen LogP contribution in [0.5, 0.6) is 5.75 Å². The molecule has 2 aromatic carbocycles. The van der Waals surface area contributed by atoms with Crippen LogP contribution in [0.15, 0.2) is 24.3 Å². The van der Waals surface area contributed by atoms with Crippen LogP contribution in [0.4, 0.5) is 13.2 Å². The fourth-order valence-corrected chi connectivity index (χ4v) is 3.02. The van der Waals surface area contributed by atoms with Crippen molar-refractivity contribution in [3.05, 3.63) is 64.0 Å². The van der Waals surface area contributed by atoms with Gasteiger partial charge in [-0.3, -0.25) is 4.79 Å². The predicted molar refractivity (Wildman–Crippen MR) is 99.9 cm³/mol. The maximum absolute atomic E-state index is 14.4. The number of ether oxygens (including phenoxy) is 1. The number of carbonyl (C=O) groups excluding carboxylic acids is 1. The van der Waals surface area contributed by atoms with Gasteiger partial charge in [0.2, 0.25) is 0 Å². The molecule has 0 N–H and O–H groups in total. The van der Waals surface area contributed by atoms with Crippen LogP contribution in [0.2, 0.25) is 0 Å². The molecule has 0 heterocycles. The molecule has 27 heavy (non-hydrogen) atoms. The molecule has 5 heteroatoms. The fourth-order valence-electron chi connectivity index (χ4n) is 3.02. The molecule has 2 rings (SSSR count). The molecule has 0 radical (unpaired) electrons. The van der Waals surface area contributed by atoms with E-state index in [1.165, 1.54) is 31.2 Å². The lowest BCUT2D eigenvalue weighted by Crippen LogP contribution is -2.10. The molecule has 0 amide bonds. The molecular formula is C22H25F3O2. The SMILES string of the molecule is CCCCCc1ccc(CC(=O)c2ccc(OCC)c(F)c2C)c(F)c1F. The van der Waals surface area contributed by atoms with Crippen molar-refractivity contribution in [1.82, 2.24) is 0 Å². The summed E-state index contributed by atoms with van der Waals surface area (Å²) in [4.78, 5) is 12.5. The van der Waals surface area contributed by atoms with Crippen molar-refractivity contribution >= 4 is 5.78 Å². The zero-order chi connectivity index (χ0) is 20.0. The molecule has 0 aliphatic rings. The third-order valence-electron chi connectivity index (χ3n) is 4.59. The molecule has 2 nitrogen and oxygen atoms in total. The second kappa shape index (κ2) is 9.58. The first-order valence-corrected chi connectivity index (χ1v) is 9.31. The summed E-state index contributed by atoms with van der Waals surface area (Å²) in [5.74, 6) is -2.90. The topological polar surface area (TPSA) is 26.3 Å². The number of unbranched alkanes of at least 4 members (excludes halogenated alkanes) is 2. The van der Waals surface area contributed by atoms with Crippen LogP contribution in [-0.4, -0.2) is 12.4 Å².